The van der Waals surface area contributed by atoms with E-state index in [0.717, 1.165) is 44.5 Å². The van der Waals surface area contributed by atoms with Gasteiger partial charge in [0.1, 0.15) is 5.76 Å². The maximum absolute atomic E-state index is 13.3. The average molecular weight is 479 g/mol. The molecule has 0 saturated carbocycles. The van der Waals surface area contributed by atoms with Crippen LogP contribution in [0.3, 0.4) is 0 Å². The van der Waals surface area contributed by atoms with Gasteiger partial charge in [0, 0.05) is 39.3 Å². The van der Waals surface area contributed by atoms with Crippen LogP contribution in [0.1, 0.15) is 41.1 Å². The third-order valence-corrected chi connectivity index (χ3v) is 6.27. The first kappa shape index (κ1) is 24.1. The second kappa shape index (κ2) is 10.1. The summed E-state index contributed by atoms with van der Waals surface area (Å²) in [6.07, 6.45) is -1.47. The highest BCUT2D eigenvalue weighted by Crippen LogP contribution is 2.36. The van der Waals surface area contributed by atoms with Crippen molar-refractivity contribution in [3.05, 3.63) is 47.4 Å². The van der Waals surface area contributed by atoms with Gasteiger partial charge in [0.15, 0.2) is 5.76 Å². The van der Waals surface area contributed by atoms with Crippen LogP contribution >= 0.6 is 0 Å². The lowest BCUT2D eigenvalue weighted by molar-refractivity contribution is -0.137. The minimum absolute atomic E-state index is 0.0393. The molecule has 2 aliphatic rings. The molecule has 0 atom stereocenters. The number of hydrogen-bond acceptors (Lipinski definition) is 5. The van der Waals surface area contributed by atoms with E-state index in [1.807, 2.05) is 9.80 Å². The van der Waals surface area contributed by atoms with Crippen LogP contribution in [0, 0.1) is 6.92 Å². The number of halogens is 3. The smallest absolute Gasteiger partial charge is 0.416 e. The molecule has 34 heavy (non-hydrogen) atoms. The van der Waals surface area contributed by atoms with Crippen molar-refractivity contribution in [1.82, 2.24) is 9.80 Å². The van der Waals surface area contributed by atoms with Crippen molar-refractivity contribution in [3.63, 3.8) is 0 Å². The van der Waals surface area contributed by atoms with Crippen LogP contribution in [0.4, 0.5) is 24.5 Å². The van der Waals surface area contributed by atoms with E-state index in [1.165, 1.54) is 6.07 Å². The van der Waals surface area contributed by atoms with Crippen molar-refractivity contribution in [2.45, 2.75) is 32.4 Å². The summed E-state index contributed by atoms with van der Waals surface area (Å²) in [5, 5.41) is 2.71. The number of benzene rings is 1. The largest absolute Gasteiger partial charge is 0.456 e. The number of alkyl halides is 3. The molecule has 2 aliphatic heterocycles. The third-order valence-electron chi connectivity index (χ3n) is 6.27. The predicted octanol–water partition coefficient (Wildman–Crippen LogP) is 3.99. The van der Waals surface area contributed by atoms with E-state index in [0.29, 0.717) is 43.4 Å². The molecule has 3 heterocycles. The summed E-state index contributed by atoms with van der Waals surface area (Å²) in [4.78, 5) is 30.9. The predicted molar refractivity (Wildman–Crippen MR) is 122 cm³/mol. The van der Waals surface area contributed by atoms with Gasteiger partial charge in [-0.25, -0.2) is 0 Å². The van der Waals surface area contributed by atoms with Crippen molar-refractivity contribution in [2.75, 3.05) is 56.0 Å². The lowest BCUT2D eigenvalue weighted by atomic mass is 10.1. The van der Waals surface area contributed by atoms with Crippen molar-refractivity contribution in [1.29, 1.82) is 0 Å². The summed E-state index contributed by atoms with van der Waals surface area (Å²) in [5.74, 6) is 0.391. The first-order valence-electron chi connectivity index (χ1n) is 11.5. The zero-order chi connectivity index (χ0) is 24.3. The number of piperidine rings is 1. The van der Waals surface area contributed by atoms with E-state index in [4.69, 9.17) is 4.42 Å². The Morgan fingerprint density at radius 1 is 0.971 bits per heavy atom. The van der Waals surface area contributed by atoms with Gasteiger partial charge in [0.2, 0.25) is 5.91 Å². The van der Waals surface area contributed by atoms with E-state index >= 15 is 0 Å². The Morgan fingerprint density at radius 3 is 2.29 bits per heavy atom. The standard InChI is InChI=1S/C24H29F3N4O3/c1-17-5-8-21(34-17)23(33)31-13-11-29(12-14-31)16-22(32)28-19-15-18(24(25,26)27)6-7-20(19)30-9-3-2-4-10-30/h5-8,15H,2-4,9-14,16H2,1H3,(H,28,32). The molecule has 10 heteroatoms. The minimum Gasteiger partial charge on any atom is -0.456 e. The molecule has 2 aromatic rings. The molecular weight excluding hydrogens is 449 g/mol. The fourth-order valence-corrected chi connectivity index (χ4v) is 4.43. The van der Waals surface area contributed by atoms with E-state index in [-0.39, 0.29) is 24.0 Å². The Hall–Kier alpha value is -3.01. The molecule has 0 bridgehead atoms. The van der Waals surface area contributed by atoms with Gasteiger partial charge in [0.25, 0.3) is 5.91 Å². The summed E-state index contributed by atoms with van der Waals surface area (Å²) >= 11 is 0. The second-order valence-corrected chi connectivity index (χ2v) is 8.80. The van der Waals surface area contributed by atoms with Gasteiger partial charge >= 0.3 is 6.18 Å². The average Bonchev–Trinajstić information content (AvgIpc) is 3.25. The van der Waals surface area contributed by atoms with Crippen LogP contribution in [-0.2, 0) is 11.0 Å². The lowest BCUT2D eigenvalue weighted by Crippen LogP contribution is -2.50. The normalized spacial score (nSPS) is 17.6. The molecular formula is C24H29F3N4O3. The van der Waals surface area contributed by atoms with Crippen LogP contribution in [0.25, 0.3) is 0 Å². The van der Waals surface area contributed by atoms with Crippen molar-refractivity contribution < 1.29 is 27.2 Å². The number of carbonyl (C=O) groups is 2. The Labute approximate surface area is 196 Å². The zero-order valence-corrected chi connectivity index (χ0v) is 19.2. The number of nitrogens with one attached hydrogen (secondary N) is 1. The topological polar surface area (TPSA) is 69.0 Å². The number of nitrogens with zero attached hydrogens (tertiary/aromatic N) is 3. The maximum atomic E-state index is 13.3. The van der Waals surface area contributed by atoms with Gasteiger partial charge in [-0.2, -0.15) is 13.2 Å². The van der Waals surface area contributed by atoms with Crippen LogP contribution in [0.15, 0.2) is 34.7 Å². The SMILES string of the molecule is Cc1ccc(C(=O)N2CCN(CC(=O)Nc3cc(C(F)(F)F)ccc3N3CCCCC3)CC2)o1. The number of amides is 2. The summed E-state index contributed by atoms with van der Waals surface area (Å²) in [6, 6.07) is 6.91. The van der Waals surface area contributed by atoms with Crippen LogP contribution < -0.4 is 10.2 Å². The van der Waals surface area contributed by atoms with Crippen molar-refractivity contribution in [3.8, 4) is 0 Å². The van der Waals surface area contributed by atoms with Crippen LogP contribution in [-0.4, -0.2) is 67.4 Å². The Morgan fingerprint density at radius 2 is 1.68 bits per heavy atom. The molecule has 4 rings (SSSR count). The number of rotatable bonds is 5. The van der Waals surface area contributed by atoms with E-state index in [2.05, 4.69) is 5.32 Å². The lowest BCUT2D eigenvalue weighted by Gasteiger charge is -2.34. The van der Waals surface area contributed by atoms with Gasteiger partial charge in [0.05, 0.1) is 23.5 Å². The monoisotopic (exact) mass is 478 g/mol. The first-order valence-corrected chi connectivity index (χ1v) is 11.5. The third kappa shape index (κ3) is 5.72. The molecule has 1 aromatic heterocycles. The minimum atomic E-state index is -4.49. The molecule has 0 aliphatic carbocycles. The molecule has 2 fully saturated rings. The fourth-order valence-electron chi connectivity index (χ4n) is 4.43. The Bertz CT molecular complexity index is 1020. The summed E-state index contributed by atoms with van der Waals surface area (Å²) in [7, 11) is 0. The van der Waals surface area contributed by atoms with Crippen LogP contribution in [0.5, 0.6) is 0 Å². The Balaban J connectivity index is 1.38. The molecule has 0 unspecified atom stereocenters. The number of piperazine rings is 1. The van der Waals surface area contributed by atoms with Gasteiger partial charge in [-0.05, 0) is 56.5 Å². The number of hydrogen-bond donors (Lipinski definition) is 1. The molecule has 184 valence electrons. The quantitative estimate of drug-likeness (QED) is 0.704. The maximum Gasteiger partial charge on any atom is 0.416 e. The van der Waals surface area contributed by atoms with Gasteiger partial charge in [-0.15, -0.1) is 0 Å². The summed E-state index contributed by atoms with van der Waals surface area (Å²) in [6.45, 7) is 5.16. The molecule has 2 saturated heterocycles. The molecule has 0 radical (unpaired) electrons. The zero-order valence-electron chi connectivity index (χ0n) is 19.2. The van der Waals surface area contributed by atoms with Crippen molar-refractivity contribution >= 4 is 23.2 Å². The summed E-state index contributed by atoms with van der Waals surface area (Å²) < 4.78 is 45.3. The number of furan rings is 1. The number of aryl methyl sites for hydroxylation is 1. The fraction of sp³-hybridized carbons (Fsp3) is 0.500. The van der Waals surface area contributed by atoms with E-state index < -0.39 is 11.7 Å². The van der Waals surface area contributed by atoms with Gasteiger partial charge in [-0.1, -0.05) is 0 Å². The highest BCUT2D eigenvalue weighted by atomic mass is 19.4. The molecule has 1 aromatic carbocycles. The van der Waals surface area contributed by atoms with Gasteiger partial charge < -0.3 is 19.5 Å². The van der Waals surface area contributed by atoms with Crippen LogP contribution in [0.2, 0.25) is 0 Å². The first-order chi connectivity index (χ1) is 16.2. The highest BCUT2D eigenvalue weighted by molar-refractivity contribution is 5.96. The molecule has 0 spiro atoms. The molecule has 2 amide bonds. The van der Waals surface area contributed by atoms with Crippen molar-refractivity contribution in [2.24, 2.45) is 0 Å². The van der Waals surface area contributed by atoms with E-state index in [9.17, 15) is 22.8 Å². The molecule has 1 N–H and O–H groups in total. The molecule has 7 nitrogen and oxygen atoms in total. The summed E-state index contributed by atoms with van der Waals surface area (Å²) in [5.41, 5.74) is 0.0118. The number of anilines is 2. The van der Waals surface area contributed by atoms with Gasteiger partial charge in [-0.3, -0.25) is 14.5 Å². The highest BCUT2D eigenvalue weighted by Gasteiger charge is 2.32. The number of carbonyl (C=O) groups excluding carboxylic acids is 2. The van der Waals surface area contributed by atoms with E-state index in [1.54, 1.807) is 24.0 Å². The second-order valence-electron chi connectivity index (χ2n) is 8.80. The Kier molecular flexibility index (Phi) is 7.16.